The Morgan fingerprint density at radius 2 is 1.89 bits per heavy atom. The van der Waals surface area contributed by atoms with Gasteiger partial charge in [0.1, 0.15) is 26.2 Å². The fourth-order valence-corrected chi connectivity index (χ4v) is 2.58. The van der Waals surface area contributed by atoms with Crippen molar-refractivity contribution in [2.45, 2.75) is 13.3 Å². The van der Waals surface area contributed by atoms with E-state index in [4.69, 9.17) is 0 Å². The molecular formula is C15H25N3O+2. The second-order valence-electron chi connectivity index (χ2n) is 5.44. The van der Waals surface area contributed by atoms with Crippen molar-refractivity contribution in [2.24, 2.45) is 0 Å². The van der Waals surface area contributed by atoms with Crippen molar-refractivity contribution in [1.29, 1.82) is 0 Å². The second kappa shape index (κ2) is 6.68. The van der Waals surface area contributed by atoms with E-state index in [0.717, 1.165) is 38.3 Å². The summed E-state index contributed by atoms with van der Waals surface area (Å²) in [6.07, 6.45) is 0.946. The fourth-order valence-electron chi connectivity index (χ4n) is 2.58. The molecule has 0 bridgehead atoms. The monoisotopic (exact) mass is 263 g/mol. The van der Waals surface area contributed by atoms with Crippen LogP contribution < -0.4 is 15.1 Å². The number of carbonyl (C=O) groups excluding carboxylic acids is 1. The zero-order valence-corrected chi connectivity index (χ0v) is 12.0. The topological polar surface area (TPSA) is 38.0 Å². The molecule has 2 rings (SSSR count). The number of rotatable bonds is 4. The first-order valence-corrected chi connectivity index (χ1v) is 7.21. The summed E-state index contributed by atoms with van der Waals surface area (Å²) in [5.41, 5.74) is 2.17. The third-order valence-electron chi connectivity index (χ3n) is 3.89. The summed E-state index contributed by atoms with van der Waals surface area (Å²) in [4.78, 5) is 15.1. The number of quaternary nitrogens is 2. The summed E-state index contributed by atoms with van der Waals surface area (Å²) in [6, 6.07) is 8.05. The minimum Gasteiger partial charge on any atom is -0.328 e. The van der Waals surface area contributed by atoms with Crippen LogP contribution in [0.3, 0.4) is 0 Å². The standard InChI is InChI=1S/C15H23N3O/c1-3-13-6-4-5-7-14(13)16-15(19)12-18-10-8-17(2)9-11-18/h4-7H,3,8-12H2,1-2H3,(H,16,19)/p+2. The lowest BCUT2D eigenvalue weighted by Gasteiger charge is -2.26. The van der Waals surface area contributed by atoms with E-state index < -0.39 is 0 Å². The van der Waals surface area contributed by atoms with Crippen LogP contribution in [-0.2, 0) is 11.2 Å². The van der Waals surface area contributed by atoms with Crippen LogP contribution in [0.5, 0.6) is 0 Å². The maximum atomic E-state index is 12.1. The van der Waals surface area contributed by atoms with Crippen LogP contribution in [0.1, 0.15) is 12.5 Å². The molecule has 1 aromatic rings. The van der Waals surface area contributed by atoms with Gasteiger partial charge in [-0.25, -0.2) is 0 Å². The molecule has 1 aliphatic rings. The predicted octanol–water partition coefficient (Wildman–Crippen LogP) is -1.40. The van der Waals surface area contributed by atoms with Crippen LogP contribution in [0.25, 0.3) is 0 Å². The largest absolute Gasteiger partial charge is 0.328 e. The highest BCUT2D eigenvalue weighted by Crippen LogP contribution is 2.14. The maximum Gasteiger partial charge on any atom is 0.279 e. The number of likely N-dealkylation sites (N-methyl/N-ethyl adjacent to an activating group) is 1. The van der Waals surface area contributed by atoms with E-state index in [1.54, 1.807) is 4.90 Å². The summed E-state index contributed by atoms with van der Waals surface area (Å²) < 4.78 is 0. The van der Waals surface area contributed by atoms with Crippen molar-refractivity contribution in [1.82, 2.24) is 0 Å². The van der Waals surface area contributed by atoms with Gasteiger partial charge in [-0.2, -0.15) is 0 Å². The van der Waals surface area contributed by atoms with Gasteiger partial charge in [-0.1, -0.05) is 25.1 Å². The molecule has 1 aromatic carbocycles. The number of carbonyl (C=O) groups is 1. The molecular weight excluding hydrogens is 238 g/mol. The fraction of sp³-hybridized carbons (Fsp3) is 0.533. The normalized spacial score (nSPS) is 23.1. The van der Waals surface area contributed by atoms with Gasteiger partial charge in [0.2, 0.25) is 0 Å². The molecule has 1 amide bonds. The van der Waals surface area contributed by atoms with Crippen LogP contribution in [0, 0.1) is 0 Å². The molecule has 4 heteroatoms. The Hall–Kier alpha value is -1.39. The van der Waals surface area contributed by atoms with Crippen molar-refractivity contribution in [2.75, 3.05) is 45.1 Å². The van der Waals surface area contributed by atoms with Crippen LogP contribution in [0.4, 0.5) is 5.69 Å². The lowest BCUT2D eigenvalue weighted by atomic mass is 10.1. The van der Waals surface area contributed by atoms with Crippen molar-refractivity contribution >= 4 is 11.6 Å². The van der Waals surface area contributed by atoms with E-state index in [1.807, 2.05) is 18.2 Å². The lowest BCUT2D eigenvalue weighted by molar-refractivity contribution is -0.999. The predicted molar refractivity (Wildman–Crippen MR) is 76.6 cm³/mol. The molecule has 1 aliphatic heterocycles. The van der Waals surface area contributed by atoms with Gasteiger partial charge in [-0.05, 0) is 18.1 Å². The number of hydrogen-bond donors (Lipinski definition) is 3. The van der Waals surface area contributed by atoms with Crippen molar-refractivity contribution in [3.8, 4) is 0 Å². The van der Waals surface area contributed by atoms with Crippen LogP contribution in [-0.4, -0.2) is 45.7 Å². The summed E-state index contributed by atoms with van der Waals surface area (Å²) in [7, 11) is 2.22. The Morgan fingerprint density at radius 3 is 2.58 bits per heavy atom. The second-order valence-corrected chi connectivity index (χ2v) is 5.44. The zero-order valence-electron chi connectivity index (χ0n) is 12.0. The van der Waals surface area contributed by atoms with E-state index in [2.05, 4.69) is 25.4 Å². The van der Waals surface area contributed by atoms with Gasteiger partial charge in [-0.3, -0.25) is 4.79 Å². The molecule has 0 aliphatic carbocycles. The molecule has 104 valence electrons. The number of para-hydroxylation sites is 1. The van der Waals surface area contributed by atoms with Crippen molar-refractivity contribution in [3.63, 3.8) is 0 Å². The third kappa shape index (κ3) is 4.04. The lowest BCUT2D eigenvalue weighted by Crippen LogP contribution is -3.27. The summed E-state index contributed by atoms with van der Waals surface area (Å²) in [5.74, 6) is 0.135. The van der Waals surface area contributed by atoms with Crippen LogP contribution >= 0.6 is 0 Å². The zero-order chi connectivity index (χ0) is 13.7. The number of anilines is 1. The van der Waals surface area contributed by atoms with E-state index in [0.29, 0.717) is 6.54 Å². The first-order valence-electron chi connectivity index (χ1n) is 7.21. The van der Waals surface area contributed by atoms with E-state index >= 15 is 0 Å². The highest BCUT2D eigenvalue weighted by atomic mass is 16.2. The highest BCUT2D eigenvalue weighted by molar-refractivity contribution is 5.92. The van der Waals surface area contributed by atoms with Gasteiger partial charge in [0.25, 0.3) is 5.91 Å². The maximum absolute atomic E-state index is 12.1. The molecule has 1 heterocycles. The number of piperazine rings is 1. The summed E-state index contributed by atoms with van der Waals surface area (Å²) in [5, 5.41) is 3.05. The van der Waals surface area contributed by atoms with E-state index in [-0.39, 0.29) is 5.91 Å². The van der Waals surface area contributed by atoms with Gasteiger partial charge in [0.05, 0.1) is 7.05 Å². The first-order chi connectivity index (χ1) is 9.19. The molecule has 3 N–H and O–H groups in total. The molecule has 4 nitrogen and oxygen atoms in total. The molecule has 0 aromatic heterocycles. The van der Waals surface area contributed by atoms with Gasteiger partial charge < -0.3 is 15.1 Å². The molecule has 0 atom stereocenters. The first kappa shape index (κ1) is 14.0. The van der Waals surface area contributed by atoms with Gasteiger partial charge in [0.15, 0.2) is 6.54 Å². The molecule has 0 saturated carbocycles. The molecule has 0 radical (unpaired) electrons. The molecule has 19 heavy (non-hydrogen) atoms. The van der Waals surface area contributed by atoms with Crippen LogP contribution in [0.2, 0.25) is 0 Å². The molecule has 0 spiro atoms. The number of nitrogens with one attached hydrogen (secondary N) is 3. The quantitative estimate of drug-likeness (QED) is 0.614. The van der Waals surface area contributed by atoms with Crippen molar-refractivity contribution in [3.05, 3.63) is 29.8 Å². The number of aryl methyl sites for hydroxylation is 1. The van der Waals surface area contributed by atoms with Gasteiger partial charge >= 0.3 is 0 Å². The number of benzene rings is 1. The highest BCUT2D eigenvalue weighted by Gasteiger charge is 2.22. The molecule has 1 fully saturated rings. The molecule has 1 saturated heterocycles. The smallest absolute Gasteiger partial charge is 0.279 e. The summed E-state index contributed by atoms with van der Waals surface area (Å²) >= 11 is 0. The minimum atomic E-state index is 0.135. The van der Waals surface area contributed by atoms with E-state index in [1.165, 1.54) is 10.5 Å². The third-order valence-corrected chi connectivity index (χ3v) is 3.89. The number of amides is 1. The SMILES string of the molecule is CCc1ccccc1NC(=O)C[NH+]1CC[NH+](C)CC1. The van der Waals surface area contributed by atoms with E-state index in [9.17, 15) is 4.79 Å². The average Bonchev–Trinajstić information content (AvgIpc) is 2.42. The Balaban J connectivity index is 1.87. The summed E-state index contributed by atoms with van der Waals surface area (Å²) in [6.45, 7) is 7.20. The Bertz CT molecular complexity index is 425. The minimum absolute atomic E-state index is 0.135. The van der Waals surface area contributed by atoms with Gasteiger partial charge in [-0.15, -0.1) is 0 Å². The molecule has 0 unspecified atom stereocenters. The average molecular weight is 263 g/mol. The van der Waals surface area contributed by atoms with Crippen LogP contribution in [0.15, 0.2) is 24.3 Å². The Kier molecular flexibility index (Phi) is 4.93. The van der Waals surface area contributed by atoms with Crippen molar-refractivity contribution < 1.29 is 14.6 Å². The number of hydrogen-bond acceptors (Lipinski definition) is 1. The van der Waals surface area contributed by atoms with Gasteiger partial charge in [0, 0.05) is 5.69 Å². The Labute approximate surface area is 115 Å². The Morgan fingerprint density at radius 1 is 1.21 bits per heavy atom.